The van der Waals surface area contributed by atoms with Gasteiger partial charge in [-0.25, -0.2) is 4.98 Å². The maximum Gasteiger partial charge on any atom is 0.182 e. The number of carbonyl (C=O) groups is 1. The Hall–Kier alpha value is -2.28. The maximum absolute atomic E-state index is 10.7. The van der Waals surface area contributed by atoms with Crippen LogP contribution in [0.25, 0.3) is 0 Å². The number of phenols is 1. The monoisotopic (exact) mass is 265 g/mol. The number of aromatic nitrogens is 1. The number of nitrogens with zero attached hydrogens (tertiary/aromatic N) is 2. The van der Waals surface area contributed by atoms with Crippen molar-refractivity contribution in [3.63, 3.8) is 0 Å². The largest absolute Gasteiger partial charge is 0.507 e. The number of rotatable bonds is 2. The first-order chi connectivity index (χ1) is 8.54. The van der Waals surface area contributed by atoms with Crippen molar-refractivity contribution in [3.05, 3.63) is 40.9 Å². The molecule has 0 aliphatic rings. The fraction of sp³-hybridized carbons (Fsp3) is 0.0909. The zero-order valence-electron chi connectivity index (χ0n) is 9.53. The van der Waals surface area contributed by atoms with Gasteiger partial charge in [-0.3, -0.25) is 4.79 Å². The van der Waals surface area contributed by atoms with Crippen molar-refractivity contribution in [2.24, 2.45) is 5.18 Å². The molecule has 7 heteroatoms. The van der Waals surface area contributed by atoms with Crippen LogP contribution in [-0.4, -0.2) is 15.9 Å². The van der Waals surface area contributed by atoms with Gasteiger partial charge in [0.1, 0.15) is 5.75 Å². The minimum atomic E-state index is -0.113. The molecule has 0 saturated heterocycles. The highest BCUT2D eigenvalue weighted by molar-refractivity contribution is 7.18. The Balaban J connectivity index is 0.000000184. The number of phenolic OH excluding ortho intramolecular Hbond substituents is 1. The minimum Gasteiger partial charge on any atom is -0.507 e. The molecule has 0 radical (unpaired) electrons. The number of Topliss-reactive ketones (excluding diaryl/α,β-unsaturated/α-hetero) is 1. The molecule has 1 aromatic carbocycles. The molecule has 2 rings (SSSR count). The average Bonchev–Trinajstić information content (AvgIpc) is 2.76. The van der Waals surface area contributed by atoms with Gasteiger partial charge < -0.3 is 10.8 Å². The first-order valence-electron chi connectivity index (χ1n) is 4.88. The lowest BCUT2D eigenvalue weighted by molar-refractivity contribution is 0.101. The third-order valence-electron chi connectivity index (χ3n) is 1.88. The Kier molecular flexibility index (Phi) is 4.94. The van der Waals surface area contributed by atoms with Crippen molar-refractivity contribution in [2.45, 2.75) is 6.92 Å². The zero-order chi connectivity index (χ0) is 13.5. The van der Waals surface area contributed by atoms with Crippen LogP contribution in [0.15, 0.2) is 35.6 Å². The second-order valence-electron chi connectivity index (χ2n) is 3.20. The Morgan fingerprint density at radius 1 is 1.44 bits per heavy atom. The summed E-state index contributed by atoms with van der Waals surface area (Å²) >= 11 is 1.08. The van der Waals surface area contributed by atoms with Gasteiger partial charge in [-0.1, -0.05) is 23.5 Å². The lowest BCUT2D eigenvalue weighted by Gasteiger charge is -1.96. The third-order valence-corrected chi connectivity index (χ3v) is 2.59. The van der Waals surface area contributed by atoms with Gasteiger partial charge in [0.2, 0.25) is 0 Å². The molecule has 0 aliphatic carbocycles. The maximum atomic E-state index is 10.7. The standard InChI is InChI=1S/C8H8O2.C3H3N3OS/c1-6(9)7-4-2-3-5-8(7)10;4-3-5-1-2(6-7)8-3/h2-5,10H,1H3;1H,(H2,4,5). The summed E-state index contributed by atoms with van der Waals surface area (Å²) in [5.74, 6) is -0.0619. The van der Waals surface area contributed by atoms with Crippen LogP contribution in [0, 0.1) is 4.91 Å². The van der Waals surface area contributed by atoms with Gasteiger partial charge in [-0.05, 0) is 24.2 Å². The predicted octanol–water partition coefficient (Wildman–Crippen LogP) is 2.72. The molecule has 6 nitrogen and oxygen atoms in total. The van der Waals surface area contributed by atoms with E-state index in [0.717, 1.165) is 11.3 Å². The Bertz CT molecular complexity index is 554. The highest BCUT2D eigenvalue weighted by Crippen LogP contribution is 2.22. The van der Waals surface area contributed by atoms with Gasteiger partial charge in [-0.15, -0.1) is 4.91 Å². The molecule has 0 saturated carbocycles. The van der Waals surface area contributed by atoms with Crippen LogP contribution in [-0.2, 0) is 0 Å². The molecule has 1 heterocycles. The summed E-state index contributed by atoms with van der Waals surface area (Å²) in [4.78, 5) is 24.0. The van der Waals surface area contributed by atoms with Crippen LogP contribution in [0.4, 0.5) is 10.1 Å². The van der Waals surface area contributed by atoms with Gasteiger partial charge >= 0.3 is 0 Å². The molecule has 2 aromatic rings. The summed E-state index contributed by atoms with van der Waals surface area (Å²) in [6.45, 7) is 1.43. The number of anilines is 1. The van der Waals surface area contributed by atoms with Gasteiger partial charge in [0, 0.05) is 0 Å². The molecular formula is C11H11N3O3S. The zero-order valence-corrected chi connectivity index (χ0v) is 10.3. The van der Waals surface area contributed by atoms with Crippen molar-refractivity contribution in [1.82, 2.24) is 4.98 Å². The second kappa shape index (κ2) is 6.45. The molecule has 0 aliphatic heterocycles. The molecule has 0 bridgehead atoms. The topological polar surface area (TPSA) is 106 Å². The molecule has 0 atom stereocenters. The highest BCUT2D eigenvalue weighted by Gasteiger charge is 2.02. The number of thiazole rings is 1. The van der Waals surface area contributed by atoms with E-state index in [0.29, 0.717) is 15.7 Å². The summed E-state index contributed by atoms with van der Waals surface area (Å²) in [6, 6.07) is 6.49. The SMILES string of the molecule is CC(=O)c1ccccc1O.Nc1ncc(N=O)s1. The lowest BCUT2D eigenvalue weighted by atomic mass is 10.1. The number of carbonyl (C=O) groups excluding carboxylic acids is 1. The predicted molar refractivity (Wildman–Crippen MR) is 70.1 cm³/mol. The van der Waals surface area contributed by atoms with E-state index in [4.69, 9.17) is 10.8 Å². The van der Waals surface area contributed by atoms with Gasteiger partial charge in [0.25, 0.3) is 0 Å². The van der Waals surface area contributed by atoms with E-state index in [1.807, 2.05) is 0 Å². The normalized spacial score (nSPS) is 9.17. The van der Waals surface area contributed by atoms with E-state index in [1.54, 1.807) is 18.2 Å². The van der Waals surface area contributed by atoms with E-state index in [2.05, 4.69) is 10.2 Å². The van der Waals surface area contributed by atoms with Crippen molar-refractivity contribution >= 4 is 27.3 Å². The van der Waals surface area contributed by atoms with Crippen LogP contribution >= 0.6 is 11.3 Å². The fourth-order valence-electron chi connectivity index (χ4n) is 1.09. The first kappa shape index (κ1) is 13.8. The van der Waals surface area contributed by atoms with Crippen LogP contribution in [0.2, 0.25) is 0 Å². The second-order valence-corrected chi connectivity index (χ2v) is 4.24. The van der Waals surface area contributed by atoms with Crippen LogP contribution in [0.3, 0.4) is 0 Å². The Labute approximate surface area is 107 Å². The summed E-state index contributed by atoms with van der Waals surface area (Å²) in [5.41, 5.74) is 5.54. The highest BCUT2D eigenvalue weighted by atomic mass is 32.1. The number of hydrogen-bond acceptors (Lipinski definition) is 7. The van der Waals surface area contributed by atoms with Crippen LogP contribution in [0.5, 0.6) is 5.75 Å². The van der Waals surface area contributed by atoms with Gasteiger partial charge in [-0.2, -0.15) is 0 Å². The molecule has 1 aromatic heterocycles. The molecule has 0 spiro atoms. The molecule has 3 N–H and O–H groups in total. The van der Waals surface area contributed by atoms with Gasteiger partial charge in [0.05, 0.1) is 11.8 Å². The van der Waals surface area contributed by atoms with Crippen molar-refractivity contribution in [2.75, 3.05) is 5.73 Å². The van der Waals surface area contributed by atoms with Crippen LogP contribution in [0.1, 0.15) is 17.3 Å². The lowest BCUT2D eigenvalue weighted by Crippen LogP contribution is -1.90. The molecule has 0 fully saturated rings. The number of aromatic hydroxyl groups is 1. The number of hydrogen-bond donors (Lipinski definition) is 2. The first-order valence-corrected chi connectivity index (χ1v) is 5.70. The fourth-order valence-corrected chi connectivity index (χ4v) is 1.55. The minimum absolute atomic E-state index is 0.0509. The quantitative estimate of drug-likeness (QED) is 0.641. The molecule has 0 amide bonds. The van der Waals surface area contributed by atoms with E-state index in [-0.39, 0.29) is 11.5 Å². The third kappa shape index (κ3) is 3.95. The number of nitrogens with two attached hydrogens (primary N) is 1. The molecule has 94 valence electrons. The van der Waals surface area contributed by atoms with E-state index >= 15 is 0 Å². The van der Waals surface area contributed by atoms with Crippen molar-refractivity contribution in [3.8, 4) is 5.75 Å². The number of ketones is 1. The smallest absolute Gasteiger partial charge is 0.182 e. The van der Waals surface area contributed by atoms with Gasteiger partial charge in [0.15, 0.2) is 15.9 Å². The number of para-hydroxylation sites is 1. The van der Waals surface area contributed by atoms with Crippen molar-refractivity contribution in [1.29, 1.82) is 0 Å². The van der Waals surface area contributed by atoms with E-state index < -0.39 is 0 Å². The number of nitrogen functional groups attached to an aromatic ring is 1. The van der Waals surface area contributed by atoms with Crippen LogP contribution < -0.4 is 5.73 Å². The number of benzene rings is 1. The summed E-state index contributed by atoms with van der Waals surface area (Å²) in [6.07, 6.45) is 1.34. The summed E-state index contributed by atoms with van der Waals surface area (Å²) in [5, 5.41) is 12.4. The van der Waals surface area contributed by atoms with E-state index in [1.165, 1.54) is 19.2 Å². The molecule has 18 heavy (non-hydrogen) atoms. The molecule has 0 unspecified atom stereocenters. The van der Waals surface area contributed by atoms with Crippen molar-refractivity contribution < 1.29 is 9.90 Å². The number of nitroso groups, excluding NO2 is 1. The average molecular weight is 265 g/mol. The Morgan fingerprint density at radius 2 is 2.11 bits per heavy atom. The van der Waals surface area contributed by atoms with E-state index in [9.17, 15) is 9.70 Å². The molecular weight excluding hydrogens is 254 g/mol. The summed E-state index contributed by atoms with van der Waals surface area (Å²) < 4.78 is 0. The summed E-state index contributed by atoms with van der Waals surface area (Å²) in [7, 11) is 0. The Morgan fingerprint density at radius 3 is 2.44 bits per heavy atom.